The van der Waals surface area contributed by atoms with Crippen LogP contribution in [0, 0.1) is 6.92 Å². The van der Waals surface area contributed by atoms with Crippen LogP contribution in [0.3, 0.4) is 0 Å². The molecule has 52 valence electrons. The van der Waals surface area contributed by atoms with Crippen LogP contribution in [0.25, 0.3) is 0 Å². The molecule has 0 spiro atoms. The van der Waals surface area contributed by atoms with Crippen molar-refractivity contribution in [3.8, 4) is 0 Å². The lowest BCUT2D eigenvalue weighted by Crippen LogP contribution is -1.89. The highest BCUT2D eigenvalue weighted by Crippen LogP contribution is 2.38. The molecule has 1 heterocycles. The molecule has 2 rings (SSSR count). The third-order valence-electron chi connectivity index (χ3n) is 1.80. The molecule has 2 nitrogen and oxygen atoms in total. The number of nitrogens with zero attached hydrogens (tertiary/aromatic N) is 2. The lowest BCUT2D eigenvalue weighted by molar-refractivity contribution is 0.967. The first kappa shape index (κ1) is 5.83. The molecular formula is C8H10N2. The Bertz CT molecular complexity index is 224. The minimum Gasteiger partial charge on any atom is -0.258 e. The standard InChI is InChI=1S/C8H10N2/c1-6-4-10-8(5-9-6)7-2-3-7/h4-5,7H,2-3H2,1H3. The zero-order chi connectivity index (χ0) is 6.97. The van der Waals surface area contributed by atoms with E-state index in [0.717, 1.165) is 11.6 Å². The van der Waals surface area contributed by atoms with Gasteiger partial charge in [-0.05, 0) is 19.8 Å². The van der Waals surface area contributed by atoms with E-state index in [1.165, 1.54) is 18.5 Å². The maximum absolute atomic E-state index is 4.28. The number of hydrogen-bond donors (Lipinski definition) is 0. The highest BCUT2D eigenvalue weighted by molar-refractivity contribution is 5.11. The predicted octanol–water partition coefficient (Wildman–Crippen LogP) is 1.66. The molecule has 0 aromatic carbocycles. The molecule has 1 aliphatic carbocycles. The molecule has 1 saturated carbocycles. The van der Waals surface area contributed by atoms with Gasteiger partial charge >= 0.3 is 0 Å². The summed E-state index contributed by atoms with van der Waals surface area (Å²) in [7, 11) is 0. The Morgan fingerprint density at radius 2 is 2.10 bits per heavy atom. The van der Waals surface area contributed by atoms with Crippen molar-refractivity contribution in [1.82, 2.24) is 9.97 Å². The Kier molecular flexibility index (Phi) is 1.19. The molecule has 0 N–H and O–H groups in total. The van der Waals surface area contributed by atoms with Crippen molar-refractivity contribution in [2.45, 2.75) is 25.7 Å². The minimum atomic E-state index is 0.730. The molecule has 0 unspecified atom stereocenters. The van der Waals surface area contributed by atoms with Crippen LogP contribution < -0.4 is 0 Å². The van der Waals surface area contributed by atoms with E-state index in [2.05, 4.69) is 9.97 Å². The summed E-state index contributed by atoms with van der Waals surface area (Å²) in [5, 5.41) is 0. The van der Waals surface area contributed by atoms with E-state index in [1.54, 1.807) is 0 Å². The molecule has 2 heteroatoms. The quantitative estimate of drug-likeness (QED) is 0.583. The van der Waals surface area contributed by atoms with Gasteiger partial charge in [0, 0.05) is 18.3 Å². The number of hydrogen-bond acceptors (Lipinski definition) is 2. The van der Waals surface area contributed by atoms with E-state index in [0.29, 0.717) is 0 Å². The molecule has 1 aromatic rings. The van der Waals surface area contributed by atoms with Gasteiger partial charge < -0.3 is 0 Å². The van der Waals surface area contributed by atoms with Gasteiger partial charge in [-0.1, -0.05) is 0 Å². The van der Waals surface area contributed by atoms with Gasteiger partial charge in [0.25, 0.3) is 0 Å². The van der Waals surface area contributed by atoms with Gasteiger partial charge in [0.2, 0.25) is 0 Å². The first-order valence-corrected chi connectivity index (χ1v) is 3.65. The van der Waals surface area contributed by atoms with Crippen molar-refractivity contribution < 1.29 is 0 Å². The van der Waals surface area contributed by atoms with E-state index in [-0.39, 0.29) is 0 Å². The summed E-state index contributed by atoms with van der Waals surface area (Å²) in [6.07, 6.45) is 6.34. The molecule has 1 aromatic heterocycles. The van der Waals surface area contributed by atoms with Crippen LogP contribution in [0.5, 0.6) is 0 Å². The molecule has 0 radical (unpaired) electrons. The Morgan fingerprint density at radius 3 is 2.60 bits per heavy atom. The lowest BCUT2D eigenvalue weighted by Gasteiger charge is -1.94. The van der Waals surface area contributed by atoms with E-state index >= 15 is 0 Å². The van der Waals surface area contributed by atoms with Gasteiger partial charge in [0.1, 0.15) is 0 Å². The van der Waals surface area contributed by atoms with E-state index in [1.807, 2.05) is 19.3 Å². The van der Waals surface area contributed by atoms with Gasteiger partial charge in [-0.2, -0.15) is 0 Å². The monoisotopic (exact) mass is 134 g/mol. The van der Waals surface area contributed by atoms with E-state index in [4.69, 9.17) is 0 Å². The fraction of sp³-hybridized carbons (Fsp3) is 0.500. The highest BCUT2D eigenvalue weighted by Gasteiger charge is 2.24. The molecule has 0 saturated heterocycles. The normalized spacial score (nSPS) is 17.3. The van der Waals surface area contributed by atoms with Gasteiger partial charge in [0.05, 0.1) is 11.4 Å². The van der Waals surface area contributed by atoms with Crippen molar-refractivity contribution in [2.75, 3.05) is 0 Å². The van der Waals surface area contributed by atoms with Crippen LogP contribution >= 0.6 is 0 Å². The summed E-state index contributed by atoms with van der Waals surface area (Å²) in [5.41, 5.74) is 2.18. The second kappa shape index (κ2) is 2.04. The summed E-state index contributed by atoms with van der Waals surface area (Å²) < 4.78 is 0. The molecule has 0 aliphatic heterocycles. The molecule has 1 fully saturated rings. The predicted molar refractivity (Wildman–Crippen MR) is 38.7 cm³/mol. The molecule has 0 amide bonds. The second-order valence-corrected chi connectivity index (χ2v) is 2.86. The minimum absolute atomic E-state index is 0.730. The third kappa shape index (κ3) is 1.01. The molecule has 0 bridgehead atoms. The Labute approximate surface area is 60.3 Å². The second-order valence-electron chi connectivity index (χ2n) is 2.86. The topological polar surface area (TPSA) is 25.8 Å². The Hall–Kier alpha value is -0.920. The van der Waals surface area contributed by atoms with Crippen molar-refractivity contribution in [2.24, 2.45) is 0 Å². The Morgan fingerprint density at radius 1 is 1.30 bits per heavy atom. The Balaban J connectivity index is 2.28. The summed E-state index contributed by atoms with van der Waals surface area (Å²) >= 11 is 0. The molecule has 10 heavy (non-hydrogen) atoms. The average Bonchev–Trinajstić information content (AvgIpc) is 2.71. The van der Waals surface area contributed by atoms with Crippen LogP contribution in [0.1, 0.15) is 30.1 Å². The van der Waals surface area contributed by atoms with Gasteiger partial charge in [-0.15, -0.1) is 0 Å². The molecule has 0 atom stereocenters. The van der Waals surface area contributed by atoms with Crippen LogP contribution in [0.15, 0.2) is 12.4 Å². The number of rotatable bonds is 1. The number of aromatic nitrogens is 2. The highest BCUT2D eigenvalue weighted by atomic mass is 14.8. The van der Waals surface area contributed by atoms with E-state index in [9.17, 15) is 0 Å². The van der Waals surface area contributed by atoms with Crippen molar-refractivity contribution in [3.63, 3.8) is 0 Å². The molecule has 1 aliphatic rings. The van der Waals surface area contributed by atoms with Crippen LogP contribution in [0.2, 0.25) is 0 Å². The van der Waals surface area contributed by atoms with Crippen LogP contribution in [-0.2, 0) is 0 Å². The SMILES string of the molecule is Cc1cnc(C2CC2)cn1. The summed E-state index contributed by atoms with van der Waals surface area (Å²) in [6.45, 7) is 1.96. The zero-order valence-corrected chi connectivity index (χ0v) is 6.04. The summed E-state index contributed by atoms with van der Waals surface area (Å²) in [4.78, 5) is 8.46. The van der Waals surface area contributed by atoms with Crippen molar-refractivity contribution in [3.05, 3.63) is 23.8 Å². The largest absolute Gasteiger partial charge is 0.258 e. The first-order valence-electron chi connectivity index (χ1n) is 3.65. The van der Waals surface area contributed by atoms with Crippen LogP contribution in [0.4, 0.5) is 0 Å². The van der Waals surface area contributed by atoms with Crippen LogP contribution in [-0.4, -0.2) is 9.97 Å². The average molecular weight is 134 g/mol. The smallest absolute Gasteiger partial charge is 0.0617 e. The molecular weight excluding hydrogens is 124 g/mol. The van der Waals surface area contributed by atoms with Crippen molar-refractivity contribution >= 4 is 0 Å². The van der Waals surface area contributed by atoms with Gasteiger partial charge in [-0.3, -0.25) is 9.97 Å². The summed E-state index contributed by atoms with van der Waals surface area (Å²) in [6, 6.07) is 0. The fourth-order valence-electron chi connectivity index (χ4n) is 0.992. The summed E-state index contributed by atoms with van der Waals surface area (Å²) in [5.74, 6) is 0.730. The zero-order valence-electron chi connectivity index (χ0n) is 6.04. The fourth-order valence-corrected chi connectivity index (χ4v) is 0.992. The van der Waals surface area contributed by atoms with Gasteiger partial charge in [0.15, 0.2) is 0 Å². The third-order valence-corrected chi connectivity index (χ3v) is 1.80. The maximum Gasteiger partial charge on any atom is 0.0617 e. The number of aryl methyl sites for hydroxylation is 1. The lowest BCUT2D eigenvalue weighted by atomic mass is 10.3. The van der Waals surface area contributed by atoms with E-state index < -0.39 is 0 Å². The maximum atomic E-state index is 4.28. The van der Waals surface area contributed by atoms with Crippen molar-refractivity contribution in [1.29, 1.82) is 0 Å². The first-order chi connectivity index (χ1) is 4.86. The van der Waals surface area contributed by atoms with Gasteiger partial charge in [-0.25, -0.2) is 0 Å².